The second-order valence-electron chi connectivity index (χ2n) is 7.41. The minimum Gasteiger partial charge on any atom is -0.360 e. The minimum atomic E-state index is -3.59. The van der Waals surface area contributed by atoms with E-state index >= 15 is 0 Å². The van der Waals surface area contributed by atoms with Gasteiger partial charge in [0.2, 0.25) is 10.0 Å². The molecule has 2 aliphatic rings. The Morgan fingerprint density at radius 3 is 2.50 bits per heavy atom. The Labute approximate surface area is 145 Å². The van der Waals surface area contributed by atoms with E-state index in [1.54, 1.807) is 18.2 Å². The molecule has 136 valence electrons. The van der Waals surface area contributed by atoms with Crippen molar-refractivity contribution in [1.29, 1.82) is 0 Å². The van der Waals surface area contributed by atoms with Gasteiger partial charge >= 0.3 is 0 Å². The maximum Gasteiger partial charge on any atom is 0.249 e. The van der Waals surface area contributed by atoms with Gasteiger partial charge in [0.25, 0.3) is 0 Å². The Morgan fingerprint density at radius 1 is 1.29 bits per heavy atom. The first-order valence-corrected chi connectivity index (χ1v) is 10.4. The molecule has 1 aromatic heterocycles. The van der Waals surface area contributed by atoms with E-state index in [2.05, 4.69) is 24.0 Å². The molecule has 1 atom stereocenters. The van der Waals surface area contributed by atoms with Crippen LogP contribution in [0.5, 0.6) is 0 Å². The maximum atomic E-state index is 13.5. The first kappa shape index (κ1) is 17.9. The van der Waals surface area contributed by atoms with E-state index in [4.69, 9.17) is 4.52 Å². The Kier molecular flexibility index (Phi) is 4.79. The number of sulfonamides is 1. The Morgan fingerprint density at radius 2 is 1.96 bits per heavy atom. The monoisotopic (exact) mass is 355 g/mol. The average molecular weight is 356 g/mol. The van der Waals surface area contributed by atoms with Gasteiger partial charge < -0.3 is 9.42 Å². The fourth-order valence-corrected chi connectivity index (χ4v) is 6.68. The fourth-order valence-electron chi connectivity index (χ4n) is 4.51. The number of likely N-dealkylation sites (N-methyl/N-ethyl adjacent to an activating group) is 1. The van der Waals surface area contributed by atoms with E-state index in [1.165, 1.54) is 6.42 Å². The molecular formula is C17H29N3O3S. The summed E-state index contributed by atoms with van der Waals surface area (Å²) in [6.45, 7) is 7.02. The molecule has 0 radical (unpaired) electrons. The van der Waals surface area contributed by atoms with Crippen LogP contribution in [-0.4, -0.2) is 54.5 Å². The second kappa shape index (κ2) is 6.42. The van der Waals surface area contributed by atoms with Gasteiger partial charge in [-0.2, -0.15) is 4.31 Å². The first-order valence-electron chi connectivity index (χ1n) is 8.98. The lowest BCUT2D eigenvalue weighted by molar-refractivity contribution is 0.168. The SMILES string of the molecule is CCN(C)[C@H]1CN(S(=O)(=O)c2c(C)noc2C)C2(CCCCC2)C1. The number of rotatable bonds is 4. The largest absolute Gasteiger partial charge is 0.360 e. The van der Waals surface area contributed by atoms with Gasteiger partial charge in [0.15, 0.2) is 5.76 Å². The molecule has 0 aromatic carbocycles. The lowest BCUT2D eigenvalue weighted by Gasteiger charge is -2.40. The smallest absolute Gasteiger partial charge is 0.249 e. The maximum absolute atomic E-state index is 13.5. The Hall–Kier alpha value is -0.920. The summed E-state index contributed by atoms with van der Waals surface area (Å²) >= 11 is 0. The van der Waals surface area contributed by atoms with Crippen molar-refractivity contribution in [2.24, 2.45) is 0 Å². The van der Waals surface area contributed by atoms with Crippen molar-refractivity contribution in [2.75, 3.05) is 20.1 Å². The molecule has 2 fully saturated rings. The van der Waals surface area contributed by atoms with E-state index in [0.717, 1.165) is 38.6 Å². The van der Waals surface area contributed by atoms with Crippen LogP contribution in [0, 0.1) is 13.8 Å². The Balaban J connectivity index is 2.02. The molecule has 0 bridgehead atoms. The molecule has 24 heavy (non-hydrogen) atoms. The summed E-state index contributed by atoms with van der Waals surface area (Å²) in [7, 11) is -1.50. The zero-order valence-corrected chi connectivity index (χ0v) is 16.0. The van der Waals surface area contributed by atoms with Crippen LogP contribution in [0.3, 0.4) is 0 Å². The third-order valence-electron chi connectivity index (χ3n) is 5.94. The number of hydrogen-bond acceptors (Lipinski definition) is 5. The summed E-state index contributed by atoms with van der Waals surface area (Å²) in [5.41, 5.74) is 0.229. The molecule has 1 saturated carbocycles. The zero-order valence-electron chi connectivity index (χ0n) is 15.2. The van der Waals surface area contributed by atoms with Crippen LogP contribution in [0.1, 0.15) is 56.9 Å². The van der Waals surface area contributed by atoms with Gasteiger partial charge in [0.05, 0.1) is 0 Å². The van der Waals surface area contributed by atoms with Gasteiger partial charge in [0, 0.05) is 18.1 Å². The highest BCUT2D eigenvalue weighted by atomic mass is 32.2. The lowest BCUT2D eigenvalue weighted by Crippen LogP contribution is -2.48. The number of aromatic nitrogens is 1. The van der Waals surface area contributed by atoms with E-state index in [9.17, 15) is 8.42 Å². The van der Waals surface area contributed by atoms with Crippen LogP contribution in [0.25, 0.3) is 0 Å². The van der Waals surface area contributed by atoms with Crippen molar-refractivity contribution in [3.05, 3.63) is 11.5 Å². The third-order valence-corrected chi connectivity index (χ3v) is 8.16. The van der Waals surface area contributed by atoms with Gasteiger partial charge in [-0.3, -0.25) is 0 Å². The summed E-state index contributed by atoms with van der Waals surface area (Å²) in [6, 6.07) is 0.281. The molecule has 1 saturated heterocycles. The van der Waals surface area contributed by atoms with Crippen LogP contribution in [0.2, 0.25) is 0 Å². The summed E-state index contributed by atoms with van der Waals surface area (Å²) < 4.78 is 33.9. The molecule has 7 heteroatoms. The van der Waals surface area contributed by atoms with Gasteiger partial charge in [-0.15, -0.1) is 0 Å². The molecule has 1 aliphatic heterocycles. The molecule has 0 N–H and O–H groups in total. The van der Waals surface area contributed by atoms with Gasteiger partial charge in [0.1, 0.15) is 10.6 Å². The Bertz CT molecular complexity index is 672. The lowest BCUT2D eigenvalue weighted by atomic mass is 9.80. The second-order valence-corrected chi connectivity index (χ2v) is 9.20. The predicted octanol–water partition coefficient (Wildman–Crippen LogP) is 2.71. The third kappa shape index (κ3) is 2.80. The molecule has 2 heterocycles. The molecule has 3 rings (SSSR count). The average Bonchev–Trinajstić information content (AvgIpc) is 3.09. The quantitative estimate of drug-likeness (QED) is 0.831. The van der Waals surface area contributed by atoms with Crippen molar-refractivity contribution < 1.29 is 12.9 Å². The molecular weight excluding hydrogens is 326 g/mol. The predicted molar refractivity (Wildman–Crippen MR) is 92.4 cm³/mol. The fraction of sp³-hybridized carbons (Fsp3) is 0.824. The van der Waals surface area contributed by atoms with E-state index in [-0.39, 0.29) is 16.5 Å². The topological polar surface area (TPSA) is 66.7 Å². The molecule has 6 nitrogen and oxygen atoms in total. The first-order chi connectivity index (χ1) is 11.3. The molecule has 1 aliphatic carbocycles. The van der Waals surface area contributed by atoms with E-state index in [1.807, 2.05) is 0 Å². The van der Waals surface area contributed by atoms with Gasteiger partial charge in [-0.1, -0.05) is 31.3 Å². The molecule has 0 unspecified atom stereocenters. The van der Waals surface area contributed by atoms with Gasteiger partial charge in [-0.25, -0.2) is 8.42 Å². The summed E-state index contributed by atoms with van der Waals surface area (Å²) in [6.07, 6.45) is 6.27. The van der Waals surface area contributed by atoms with Crippen molar-refractivity contribution in [3.8, 4) is 0 Å². The van der Waals surface area contributed by atoms with E-state index < -0.39 is 10.0 Å². The number of hydrogen-bond donors (Lipinski definition) is 0. The minimum absolute atomic E-state index is 0.235. The van der Waals surface area contributed by atoms with E-state index in [0.29, 0.717) is 18.0 Å². The van der Waals surface area contributed by atoms with Crippen molar-refractivity contribution in [3.63, 3.8) is 0 Å². The normalized spacial score (nSPS) is 25.0. The standard InChI is InChI=1S/C17H29N3O3S/c1-5-19(4)15-11-17(9-7-6-8-10-17)20(12-15)24(21,22)16-13(2)18-23-14(16)3/h15H,5-12H2,1-4H3/t15-/m1/s1. The summed E-state index contributed by atoms with van der Waals surface area (Å²) in [5, 5.41) is 3.87. The number of nitrogens with zero attached hydrogens (tertiary/aromatic N) is 3. The highest BCUT2D eigenvalue weighted by molar-refractivity contribution is 7.89. The van der Waals surface area contributed by atoms with Gasteiger partial charge in [-0.05, 0) is 46.7 Å². The molecule has 0 amide bonds. The van der Waals surface area contributed by atoms with Crippen LogP contribution in [0.15, 0.2) is 9.42 Å². The molecule has 1 aromatic rings. The number of aryl methyl sites for hydroxylation is 2. The highest BCUT2D eigenvalue weighted by Crippen LogP contribution is 2.46. The van der Waals surface area contributed by atoms with Crippen molar-refractivity contribution >= 4 is 10.0 Å². The van der Waals surface area contributed by atoms with Crippen LogP contribution in [0.4, 0.5) is 0 Å². The molecule has 1 spiro atoms. The summed E-state index contributed by atoms with van der Waals surface area (Å²) in [5.74, 6) is 0.394. The van der Waals surface area contributed by atoms with Crippen LogP contribution >= 0.6 is 0 Å². The summed E-state index contributed by atoms with van der Waals surface area (Å²) in [4.78, 5) is 2.55. The van der Waals surface area contributed by atoms with Crippen molar-refractivity contribution in [1.82, 2.24) is 14.4 Å². The van der Waals surface area contributed by atoms with Crippen LogP contribution < -0.4 is 0 Å². The highest BCUT2D eigenvalue weighted by Gasteiger charge is 2.53. The van der Waals surface area contributed by atoms with Crippen molar-refractivity contribution in [2.45, 2.75) is 75.8 Å². The van der Waals surface area contributed by atoms with Crippen LogP contribution in [-0.2, 0) is 10.0 Å². The zero-order chi connectivity index (χ0) is 17.5.